The van der Waals surface area contributed by atoms with Gasteiger partial charge in [-0.15, -0.1) is 12.4 Å². The summed E-state index contributed by atoms with van der Waals surface area (Å²) in [5.74, 6) is 0. The van der Waals surface area contributed by atoms with Crippen molar-refractivity contribution in [3.05, 3.63) is 0 Å². The molecule has 1 aliphatic heterocycles. The number of rotatable bonds is 6. The van der Waals surface area contributed by atoms with Gasteiger partial charge in [0.1, 0.15) is 0 Å². The van der Waals surface area contributed by atoms with Crippen LogP contribution in [0.5, 0.6) is 0 Å². The zero-order valence-electron chi connectivity index (χ0n) is 11.6. The van der Waals surface area contributed by atoms with Crippen molar-refractivity contribution in [1.29, 1.82) is 0 Å². The van der Waals surface area contributed by atoms with Crippen LogP contribution in [0.1, 0.15) is 33.1 Å². The van der Waals surface area contributed by atoms with E-state index in [-0.39, 0.29) is 17.8 Å². The SMILES string of the molecule is CCCCN(C)S(=O)(=O)N1CCC(C)(CN)C1.Cl. The smallest absolute Gasteiger partial charge is 0.281 e. The van der Waals surface area contributed by atoms with Crippen molar-refractivity contribution in [3.8, 4) is 0 Å². The molecule has 7 heteroatoms. The summed E-state index contributed by atoms with van der Waals surface area (Å²) < 4.78 is 27.5. The molecule has 2 N–H and O–H groups in total. The third kappa shape index (κ3) is 4.06. The van der Waals surface area contributed by atoms with Crippen molar-refractivity contribution in [2.75, 3.05) is 33.2 Å². The van der Waals surface area contributed by atoms with E-state index in [2.05, 4.69) is 13.8 Å². The molecule has 5 nitrogen and oxygen atoms in total. The Bertz CT molecular complexity index is 350. The largest absolute Gasteiger partial charge is 0.330 e. The van der Waals surface area contributed by atoms with E-state index in [1.165, 1.54) is 4.31 Å². The summed E-state index contributed by atoms with van der Waals surface area (Å²) in [6, 6.07) is 0. The third-order valence-corrected chi connectivity index (χ3v) is 5.50. The number of halogens is 1. The van der Waals surface area contributed by atoms with Gasteiger partial charge in [0, 0.05) is 26.7 Å². The van der Waals surface area contributed by atoms with Crippen LogP contribution in [0.4, 0.5) is 0 Å². The van der Waals surface area contributed by atoms with E-state index in [1.807, 2.05) is 0 Å². The molecule has 1 rings (SSSR count). The summed E-state index contributed by atoms with van der Waals surface area (Å²) in [6.07, 6.45) is 2.75. The molecule has 0 bridgehead atoms. The molecule has 1 unspecified atom stereocenters. The average Bonchev–Trinajstić information content (AvgIpc) is 2.70. The van der Waals surface area contributed by atoms with Crippen LogP contribution in [-0.4, -0.2) is 50.3 Å². The monoisotopic (exact) mass is 299 g/mol. The molecule has 1 aliphatic rings. The van der Waals surface area contributed by atoms with Gasteiger partial charge in [0.25, 0.3) is 10.2 Å². The lowest BCUT2D eigenvalue weighted by molar-refractivity contribution is 0.334. The van der Waals surface area contributed by atoms with Crippen molar-refractivity contribution in [2.45, 2.75) is 33.1 Å². The van der Waals surface area contributed by atoms with Gasteiger partial charge in [-0.3, -0.25) is 0 Å². The Kier molecular flexibility index (Phi) is 7.10. The molecule has 0 saturated carbocycles. The third-order valence-electron chi connectivity index (χ3n) is 3.56. The number of nitrogens with zero attached hydrogens (tertiary/aromatic N) is 2. The lowest BCUT2D eigenvalue weighted by Gasteiger charge is -2.26. The maximum atomic E-state index is 12.3. The van der Waals surface area contributed by atoms with E-state index in [9.17, 15) is 8.42 Å². The zero-order chi connectivity index (χ0) is 13.1. The highest BCUT2D eigenvalue weighted by Crippen LogP contribution is 2.30. The van der Waals surface area contributed by atoms with Crippen LogP contribution in [0.15, 0.2) is 0 Å². The van der Waals surface area contributed by atoms with E-state index < -0.39 is 10.2 Å². The van der Waals surface area contributed by atoms with Gasteiger partial charge in [-0.05, 0) is 24.8 Å². The summed E-state index contributed by atoms with van der Waals surface area (Å²) >= 11 is 0. The van der Waals surface area contributed by atoms with Gasteiger partial charge in [0.05, 0.1) is 0 Å². The first kappa shape index (κ1) is 18.1. The average molecular weight is 300 g/mol. The van der Waals surface area contributed by atoms with Crippen LogP contribution in [0.25, 0.3) is 0 Å². The van der Waals surface area contributed by atoms with Gasteiger partial charge in [-0.25, -0.2) is 0 Å². The Balaban J connectivity index is 0.00000289. The van der Waals surface area contributed by atoms with Crippen molar-refractivity contribution in [1.82, 2.24) is 8.61 Å². The number of unbranched alkanes of at least 4 members (excludes halogenated alkanes) is 1. The molecular formula is C11H26ClN3O2S. The molecule has 0 aliphatic carbocycles. The summed E-state index contributed by atoms with van der Waals surface area (Å²) in [5, 5.41) is 0. The molecule has 110 valence electrons. The van der Waals surface area contributed by atoms with Crippen LogP contribution in [-0.2, 0) is 10.2 Å². The Hall–Kier alpha value is 0.120. The summed E-state index contributed by atoms with van der Waals surface area (Å²) in [5.41, 5.74) is 5.64. The van der Waals surface area contributed by atoms with Crippen molar-refractivity contribution < 1.29 is 8.42 Å². The van der Waals surface area contributed by atoms with Crippen LogP contribution in [0, 0.1) is 5.41 Å². The topological polar surface area (TPSA) is 66.6 Å². The Morgan fingerprint density at radius 1 is 1.44 bits per heavy atom. The summed E-state index contributed by atoms with van der Waals surface area (Å²) in [6.45, 7) is 6.37. The standard InChI is InChI=1S/C11H25N3O2S.ClH/c1-4-5-7-13(3)17(15,16)14-8-6-11(2,9-12)10-14;/h4-10,12H2,1-3H3;1H. The highest BCUT2D eigenvalue weighted by atomic mass is 35.5. The van der Waals surface area contributed by atoms with Crippen molar-refractivity contribution >= 4 is 22.6 Å². The van der Waals surface area contributed by atoms with Gasteiger partial charge in [-0.1, -0.05) is 20.3 Å². The number of hydrogen-bond acceptors (Lipinski definition) is 3. The second-order valence-electron chi connectivity index (χ2n) is 5.28. The lowest BCUT2D eigenvalue weighted by atomic mass is 9.90. The van der Waals surface area contributed by atoms with Gasteiger partial charge in [-0.2, -0.15) is 17.0 Å². The molecule has 1 heterocycles. The fraction of sp³-hybridized carbons (Fsp3) is 1.00. The second-order valence-corrected chi connectivity index (χ2v) is 7.32. The van der Waals surface area contributed by atoms with E-state index >= 15 is 0 Å². The minimum absolute atomic E-state index is 0. The molecule has 0 aromatic heterocycles. The molecular weight excluding hydrogens is 274 g/mol. The predicted molar refractivity (Wildman–Crippen MR) is 77.1 cm³/mol. The Morgan fingerprint density at radius 3 is 2.50 bits per heavy atom. The molecule has 18 heavy (non-hydrogen) atoms. The molecule has 1 fully saturated rings. The Labute approximate surface area is 117 Å². The predicted octanol–water partition coefficient (Wildman–Crippen LogP) is 1.06. The number of hydrogen-bond donors (Lipinski definition) is 1. The molecule has 0 spiro atoms. The minimum Gasteiger partial charge on any atom is -0.330 e. The fourth-order valence-electron chi connectivity index (χ4n) is 2.04. The minimum atomic E-state index is -3.28. The molecule has 0 aromatic rings. The Morgan fingerprint density at radius 2 is 2.06 bits per heavy atom. The van der Waals surface area contributed by atoms with E-state index in [4.69, 9.17) is 5.73 Å². The van der Waals surface area contributed by atoms with Crippen LogP contribution >= 0.6 is 12.4 Å². The molecule has 0 amide bonds. The highest BCUT2D eigenvalue weighted by Gasteiger charge is 2.39. The van der Waals surface area contributed by atoms with Gasteiger partial charge < -0.3 is 5.73 Å². The van der Waals surface area contributed by atoms with Crippen molar-refractivity contribution in [2.24, 2.45) is 11.1 Å². The van der Waals surface area contributed by atoms with Crippen molar-refractivity contribution in [3.63, 3.8) is 0 Å². The highest BCUT2D eigenvalue weighted by molar-refractivity contribution is 7.86. The first-order valence-corrected chi connectivity index (χ1v) is 7.67. The van der Waals surface area contributed by atoms with Crippen LogP contribution < -0.4 is 5.73 Å². The zero-order valence-corrected chi connectivity index (χ0v) is 13.2. The van der Waals surface area contributed by atoms with Crippen LogP contribution in [0.3, 0.4) is 0 Å². The van der Waals surface area contributed by atoms with E-state index in [0.29, 0.717) is 26.2 Å². The summed E-state index contributed by atoms with van der Waals surface area (Å²) in [7, 11) is -1.63. The second kappa shape index (κ2) is 7.05. The molecule has 1 saturated heterocycles. The first-order chi connectivity index (χ1) is 7.85. The van der Waals surface area contributed by atoms with E-state index in [0.717, 1.165) is 19.3 Å². The summed E-state index contributed by atoms with van der Waals surface area (Å²) in [4.78, 5) is 0. The molecule has 0 radical (unpaired) electrons. The maximum absolute atomic E-state index is 12.3. The van der Waals surface area contributed by atoms with Crippen LogP contribution in [0.2, 0.25) is 0 Å². The van der Waals surface area contributed by atoms with Gasteiger partial charge >= 0.3 is 0 Å². The normalized spacial score (nSPS) is 25.4. The fourth-order valence-corrected chi connectivity index (χ4v) is 3.59. The first-order valence-electron chi connectivity index (χ1n) is 6.27. The molecule has 0 aromatic carbocycles. The number of nitrogens with two attached hydrogens (primary N) is 1. The molecule has 1 atom stereocenters. The van der Waals surface area contributed by atoms with E-state index in [1.54, 1.807) is 11.4 Å². The lowest BCUT2D eigenvalue weighted by Crippen LogP contribution is -2.42. The van der Waals surface area contributed by atoms with Gasteiger partial charge in [0.15, 0.2) is 0 Å². The maximum Gasteiger partial charge on any atom is 0.281 e. The van der Waals surface area contributed by atoms with Gasteiger partial charge in [0.2, 0.25) is 0 Å². The quantitative estimate of drug-likeness (QED) is 0.797.